The summed E-state index contributed by atoms with van der Waals surface area (Å²) in [7, 11) is 1.72. The SMILES string of the molecule is CCCNC(C)c1ccc(N2CCC(OC)C2)c(F)c1. The lowest BCUT2D eigenvalue weighted by Crippen LogP contribution is -2.24. The zero-order chi connectivity index (χ0) is 14.5. The van der Waals surface area contributed by atoms with Crippen molar-refractivity contribution in [3.63, 3.8) is 0 Å². The van der Waals surface area contributed by atoms with Crippen LogP contribution in [0.1, 0.15) is 38.3 Å². The molecule has 0 aromatic heterocycles. The zero-order valence-electron chi connectivity index (χ0n) is 12.7. The first-order valence-corrected chi connectivity index (χ1v) is 7.46. The highest BCUT2D eigenvalue weighted by molar-refractivity contribution is 5.50. The first-order valence-electron chi connectivity index (χ1n) is 7.46. The molecule has 1 aliphatic heterocycles. The molecule has 1 aromatic rings. The van der Waals surface area contributed by atoms with Crippen LogP contribution in [0.15, 0.2) is 18.2 Å². The van der Waals surface area contributed by atoms with Crippen LogP contribution in [0.25, 0.3) is 0 Å². The number of methoxy groups -OCH3 is 1. The number of halogens is 1. The summed E-state index contributed by atoms with van der Waals surface area (Å²) in [5.41, 5.74) is 1.69. The maximum Gasteiger partial charge on any atom is 0.146 e. The number of rotatable bonds is 6. The van der Waals surface area contributed by atoms with E-state index in [4.69, 9.17) is 4.74 Å². The van der Waals surface area contributed by atoms with Gasteiger partial charge in [0.05, 0.1) is 11.8 Å². The van der Waals surface area contributed by atoms with Crippen LogP contribution in [-0.4, -0.2) is 32.8 Å². The molecule has 1 aliphatic rings. The minimum absolute atomic E-state index is 0.135. The van der Waals surface area contributed by atoms with Gasteiger partial charge in [-0.2, -0.15) is 0 Å². The Bertz CT molecular complexity index is 438. The van der Waals surface area contributed by atoms with E-state index in [1.165, 1.54) is 0 Å². The topological polar surface area (TPSA) is 24.5 Å². The van der Waals surface area contributed by atoms with E-state index < -0.39 is 0 Å². The smallest absolute Gasteiger partial charge is 0.146 e. The number of nitrogens with one attached hydrogen (secondary N) is 1. The van der Waals surface area contributed by atoms with Crippen molar-refractivity contribution in [1.82, 2.24) is 5.32 Å². The molecular weight excluding hydrogens is 255 g/mol. The predicted octanol–water partition coefficient (Wildman–Crippen LogP) is 3.11. The van der Waals surface area contributed by atoms with Crippen LogP contribution in [0.3, 0.4) is 0 Å². The van der Waals surface area contributed by atoms with Gasteiger partial charge in [-0.05, 0) is 44.0 Å². The van der Waals surface area contributed by atoms with Gasteiger partial charge in [0.2, 0.25) is 0 Å². The van der Waals surface area contributed by atoms with Gasteiger partial charge in [-0.3, -0.25) is 0 Å². The van der Waals surface area contributed by atoms with E-state index in [9.17, 15) is 4.39 Å². The van der Waals surface area contributed by atoms with Crippen LogP contribution in [0, 0.1) is 5.82 Å². The van der Waals surface area contributed by atoms with Crippen molar-refractivity contribution in [3.8, 4) is 0 Å². The van der Waals surface area contributed by atoms with Crippen molar-refractivity contribution in [3.05, 3.63) is 29.6 Å². The van der Waals surface area contributed by atoms with Gasteiger partial charge >= 0.3 is 0 Å². The maximum absolute atomic E-state index is 14.3. The lowest BCUT2D eigenvalue weighted by molar-refractivity contribution is 0.121. The third kappa shape index (κ3) is 3.49. The highest BCUT2D eigenvalue weighted by Gasteiger charge is 2.24. The highest BCUT2D eigenvalue weighted by atomic mass is 19.1. The molecule has 0 saturated carbocycles. The Morgan fingerprint density at radius 2 is 2.30 bits per heavy atom. The Balaban J connectivity index is 2.06. The number of nitrogens with zero attached hydrogens (tertiary/aromatic N) is 1. The van der Waals surface area contributed by atoms with Crippen molar-refractivity contribution < 1.29 is 9.13 Å². The molecule has 3 nitrogen and oxygen atoms in total. The van der Waals surface area contributed by atoms with Gasteiger partial charge in [-0.1, -0.05) is 13.0 Å². The molecule has 1 aromatic carbocycles. The van der Waals surface area contributed by atoms with Crippen LogP contribution < -0.4 is 10.2 Å². The van der Waals surface area contributed by atoms with Crippen LogP contribution in [0.4, 0.5) is 10.1 Å². The van der Waals surface area contributed by atoms with Gasteiger partial charge < -0.3 is 15.0 Å². The summed E-state index contributed by atoms with van der Waals surface area (Å²) in [5, 5.41) is 3.38. The van der Waals surface area contributed by atoms with Crippen molar-refractivity contribution >= 4 is 5.69 Å². The number of ether oxygens (including phenoxy) is 1. The summed E-state index contributed by atoms with van der Waals surface area (Å²) in [6.45, 7) is 6.78. The molecule has 1 heterocycles. The van der Waals surface area contributed by atoms with Crippen molar-refractivity contribution in [2.24, 2.45) is 0 Å². The molecule has 0 spiro atoms. The van der Waals surface area contributed by atoms with E-state index in [-0.39, 0.29) is 18.0 Å². The fraction of sp³-hybridized carbons (Fsp3) is 0.625. The molecule has 1 fully saturated rings. The molecule has 2 atom stereocenters. The predicted molar refractivity (Wildman–Crippen MR) is 80.7 cm³/mol. The van der Waals surface area contributed by atoms with E-state index in [2.05, 4.69) is 24.1 Å². The Labute approximate surface area is 121 Å². The number of anilines is 1. The molecular formula is C16H25FN2O. The summed E-state index contributed by atoms with van der Waals surface area (Å²) in [4.78, 5) is 2.07. The van der Waals surface area contributed by atoms with Crippen LogP contribution in [0.5, 0.6) is 0 Å². The maximum atomic E-state index is 14.3. The highest BCUT2D eigenvalue weighted by Crippen LogP contribution is 2.27. The summed E-state index contributed by atoms with van der Waals surface area (Å²) >= 11 is 0. The Morgan fingerprint density at radius 1 is 1.50 bits per heavy atom. The first kappa shape index (κ1) is 15.3. The summed E-state index contributed by atoms with van der Waals surface area (Å²) in [5.74, 6) is -0.135. The Hall–Kier alpha value is -1.13. The molecule has 1 saturated heterocycles. The zero-order valence-corrected chi connectivity index (χ0v) is 12.7. The van der Waals surface area contributed by atoms with Gasteiger partial charge in [0, 0.05) is 26.2 Å². The molecule has 0 amide bonds. The van der Waals surface area contributed by atoms with Gasteiger partial charge in [0.25, 0.3) is 0 Å². The third-order valence-corrected chi connectivity index (χ3v) is 3.99. The molecule has 2 rings (SSSR count). The van der Waals surface area contributed by atoms with E-state index in [1.54, 1.807) is 13.2 Å². The lowest BCUT2D eigenvalue weighted by atomic mass is 10.1. The Kier molecular flexibility index (Phi) is 5.38. The average Bonchev–Trinajstić information content (AvgIpc) is 2.93. The summed E-state index contributed by atoms with van der Waals surface area (Å²) in [6, 6.07) is 5.75. The summed E-state index contributed by atoms with van der Waals surface area (Å²) < 4.78 is 19.6. The molecule has 2 unspecified atom stereocenters. The summed E-state index contributed by atoms with van der Waals surface area (Å²) in [6.07, 6.45) is 2.27. The number of hydrogen-bond acceptors (Lipinski definition) is 3. The fourth-order valence-electron chi connectivity index (χ4n) is 2.67. The third-order valence-electron chi connectivity index (χ3n) is 3.99. The van der Waals surface area contributed by atoms with Gasteiger partial charge in [-0.25, -0.2) is 4.39 Å². The van der Waals surface area contributed by atoms with Crippen molar-refractivity contribution in [1.29, 1.82) is 0 Å². The molecule has 20 heavy (non-hydrogen) atoms. The molecule has 0 bridgehead atoms. The minimum Gasteiger partial charge on any atom is -0.380 e. The van der Waals surface area contributed by atoms with E-state index in [0.717, 1.165) is 38.0 Å². The van der Waals surface area contributed by atoms with Gasteiger partial charge in [0.1, 0.15) is 5.82 Å². The van der Waals surface area contributed by atoms with Gasteiger partial charge in [-0.15, -0.1) is 0 Å². The second kappa shape index (κ2) is 7.04. The standard InChI is InChI=1S/C16H25FN2O/c1-4-8-18-12(2)13-5-6-16(15(17)10-13)19-9-7-14(11-19)20-3/h5-6,10,12,14,18H,4,7-9,11H2,1-3H3. The second-order valence-corrected chi connectivity index (χ2v) is 5.48. The van der Waals surface area contributed by atoms with Gasteiger partial charge in [0.15, 0.2) is 0 Å². The van der Waals surface area contributed by atoms with Crippen LogP contribution >= 0.6 is 0 Å². The second-order valence-electron chi connectivity index (χ2n) is 5.48. The Morgan fingerprint density at radius 3 is 2.90 bits per heavy atom. The number of hydrogen-bond donors (Lipinski definition) is 1. The minimum atomic E-state index is -0.135. The van der Waals surface area contributed by atoms with Crippen LogP contribution in [0.2, 0.25) is 0 Å². The molecule has 0 radical (unpaired) electrons. The molecule has 1 N–H and O–H groups in total. The molecule has 112 valence electrons. The van der Waals surface area contributed by atoms with Crippen LogP contribution in [-0.2, 0) is 4.74 Å². The van der Waals surface area contributed by atoms with Crippen molar-refractivity contribution in [2.75, 3.05) is 31.6 Å². The normalized spacial score (nSPS) is 20.4. The van der Waals surface area contributed by atoms with E-state index in [1.807, 2.05) is 12.1 Å². The lowest BCUT2D eigenvalue weighted by Gasteiger charge is -2.21. The number of benzene rings is 1. The monoisotopic (exact) mass is 280 g/mol. The van der Waals surface area contributed by atoms with Crippen molar-refractivity contribution in [2.45, 2.75) is 38.8 Å². The molecule has 4 heteroatoms. The van der Waals surface area contributed by atoms with E-state index >= 15 is 0 Å². The first-order chi connectivity index (χ1) is 9.65. The quantitative estimate of drug-likeness (QED) is 0.866. The average molecular weight is 280 g/mol. The fourth-order valence-corrected chi connectivity index (χ4v) is 2.67. The largest absolute Gasteiger partial charge is 0.380 e. The van der Waals surface area contributed by atoms with E-state index in [0.29, 0.717) is 5.69 Å². The molecule has 0 aliphatic carbocycles.